The Morgan fingerprint density at radius 1 is 1.00 bits per heavy atom. The van der Waals surface area contributed by atoms with Crippen LogP contribution in [0.15, 0.2) is 73.4 Å². The number of carbonyl (C=O) groups excluding carboxylic acids is 1. The summed E-state index contributed by atoms with van der Waals surface area (Å²) in [5, 5.41) is 7.54. The Morgan fingerprint density at radius 3 is 2.45 bits per heavy atom. The van der Waals surface area contributed by atoms with Crippen molar-refractivity contribution < 1.29 is 22.4 Å². The number of carbonyl (C=O) groups is 1. The van der Waals surface area contributed by atoms with Crippen LogP contribution >= 0.6 is 0 Å². The molecule has 0 spiro atoms. The van der Waals surface area contributed by atoms with Crippen molar-refractivity contribution in [1.29, 1.82) is 0 Å². The van der Waals surface area contributed by atoms with Gasteiger partial charge in [0.15, 0.2) is 11.5 Å². The molecule has 5 aromatic rings. The molecule has 1 aromatic carbocycles. The van der Waals surface area contributed by atoms with Crippen LogP contribution in [0.1, 0.15) is 35.7 Å². The van der Waals surface area contributed by atoms with Crippen LogP contribution in [0.25, 0.3) is 28.3 Å². The van der Waals surface area contributed by atoms with Gasteiger partial charge < -0.3 is 14.8 Å². The number of hydrogen-bond acceptors (Lipinski definition) is 6. The minimum absolute atomic E-state index is 0.0145. The molecule has 13 heteroatoms. The zero-order chi connectivity index (χ0) is 29.3. The van der Waals surface area contributed by atoms with Crippen molar-refractivity contribution in [2.45, 2.75) is 31.5 Å². The summed E-state index contributed by atoms with van der Waals surface area (Å²) in [5.41, 5.74) is 3.53. The molecule has 1 fully saturated rings. The number of rotatable bonds is 7. The number of amides is 1. The molecule has 1 aliphatic heterocycles. The Labute approximate surface area is 237 Å². The number of imidazole rings is 2. The SMILES string of the molecule is O=C(Nc1cn2nc(-c3c(-c4ccc(F)cc4)ncn3C3CCN(CCC(F)(F)F)CC3)ccc2n1)c1ccncc1. The average molecular weight is 579 g/mol. The Hall–Kier alpha value is -4.65. The van der Waals surface area contributed by atoms with E-state index in [1.807, 2.05) is 9.47 Å². The number of benzene rings is 1. The van der Waals surface area contributed by atoms with Crippen LogP contribution in [0.5, 0.6) is 0 Å². The monoisotopic (exact) mass is 578 g/mol. The molecule has 9 nitrogen and oxygen atoms in total. The lowest BCUT2D eigenvalue weighted by atomic mass is 10.0. The Morgan fingerprint density at radius 2 is 1.74 bits per heavy atom. The molecule has 4 aromatic heterocycles. The van der Waals surface area contributed by atoms with E-state index < -0.39 is 12.6 Å². The van der Waals surface area contributed by atoms with Crippen LogP contribution in [-0.2, 0) is 0 Å². The number of aromatic nitrogens is 6. The molecule has 1 amide bonds. The number of anilines is 1. The third-order valence-electron chi connectivity index (χ3n) is 7.32. The second-order valence-corrected chi connectivity index (χ2v) is 10.1. The first-order valence-corrected chi connectivity index (χ1v) is 13.4. The molecule has 5 heterocycles. The lowest BCUT2D eigenvalue weighted by Crippen LogP contribution is -2.36. The fourth-order valence-corrected chi connectivity index (χ4v) is 5.18. The molecule has 0 saturated carbocycles. The van der Waals surface area contributed by atoms with E-state index in [-0.39, 0.29) is 24.3 Å². The fraction of sp³-hybridized carbons (Fsp3) is 0.276. The van der Waals surface area contributed by atoms with Crippen molar-refractivity contribution in [2.24, 2.45) is 0 Å². The largest absolute Gasteiger partial charge is 0.390 e. The number of nitrogens with one attached hydrogen (secondary N) is 1. The minimum Gasteiger partial charge on any atom is -0.326 e. The number of fused-ring (bicyclic) bond motifs is 1. The number of alkyl halides is 3. The number of likely N-dealkylation sites (tertiary alicyclic amines) is 1. The Balaban J connectivity index is 1.30. The third-order valence-corrected chi connectivity index (χ3v) is 7.32. The number of nitrogens with zero attached hydrogens (tertiary/aromatic N) is 7. The van der Waals surface area contributed by atoms with Gasteiger partial charge in [0.2, 0.25) is 0 Å². The highest BCUT2D eigenvalue weighted by atomic mass is 19.4. The summed E-state index contributed by atoms with van der Waals surface area (Å²) in [6, 6.07) is 12.8. The summed E-state index contributed by atoms with van der Waals surface area (Å²) in [6.45, 7) is 1.03. The molecule has 0 unspecified atom stereocenters. The van der Waals surface area contributed by atoms with Gasteiger partial charge in [0, 0.05) is 49.2 Å². The molecule has 1 N–H and O–H groups in total. The van der Waals surface area contributed by atoms with Crippen molar-refractivity contribution in [3.63, 3.8) is 0 Å². The van der Waals surface area contributed by atoms with Crippen molar-refractivity contribution in [2.75, 3.05) is 25.0 Å². The maximum absolute atomic E-state index is 13.7. The molecule has 6 rings (SSSR count). The molecular formula is C29H26F4N8O. The quantitative estimate of drug-likeness (QED) is 0.252. The summed E-state index contributed by atoms with van der Waals surface area (Å²) in [5.74, 6) is -0.385. The highest BCUT2D eigenvalue weighted by Crippen LogP contribution is 2.36. The topological polar surface area (TPSA) is 93.2 Å². The zero-order valence-corrected chi connectivity index (χ0v) is 22.3. The van der Waals surface area contributed by atoms with Gasteiger partial charge in [-0.1, -0.05) is 0 Å². The van der Waals surface area contributed by atoms with Gasteiger partial charge >= 0.3 is 6.18 Å². The standard InChI is InChI=1S/C29H26F4N8O/c30-21-3-1-19(2-4-21)26-27(40(18-35-26)22-9-14-39(15-10-22)16-11-29(31,32)33)23-5-6-25-36-24(17-41(25)38-23)37-28(42)20-7-12-34-13-8-20/h1-8,12-13,17-18,22H,9-11,14-16H2,(H,37,42). The van der Waals surface area contributed by atoms with Crippen LogP contribution in [-0.4, -0.2) is 65.8 Å². The molecule has 0 radical (unpaired) electrons. The van der Waals surface area contributed by atoms with Gasteiger partial charge in [-0.3, -0.25) is 9.78 Å². The van der Waals surface area contributed by atoms with E-state index >= 15 is 0 Å². The van der Waals surface area contributed by atoms with E-state index in [0.29, 0.717) is 65.6 Å². The molecule has 42 heavy (non-hydrogen) atoms. The molecule has 0 bridgehead atoms. The van der Waals surface area contributed by atoms with Crippen LogP contribution in [0.4, 0.5) is 23.4 Å². The summed E-state index contributed by atoms with van der Waals surface area (Å²) >= 11 is 0. The van der Waals surface area contributed by atoms with Gasteiger partial charge in [-0.15, -0.1) is 0 Å². The number of halogens is 4. The number of hydrogen-bond donors (Lipinski definition) is 1. The molecule has 0 atom stereocenters. The molecule has 1 saturated heterocycles. The lowest BCUT2D eigenvalue weighted by molar-refractivity contribution is -0.138. The highest BCUT2D eigenvalue weighted by Gasteiger charge is 2.30. The summed E-state index contributed by atoms with van der Waals surface area (Å²) in [7, 11) is 0. The van der Waals surface area contributed by atoms with Crippen LogP contribution in [0.3, 0.4) is 0 Å². The summed E-state index contributed by atoms with van der Waals surface area (Å²) < 4.78 is 55.5. The van der Waals surface area contributed by atoms with Crippen LogP contribution in [0.2, 0.25) is 0 Å². The van der Waals surface area contributed by atoms with Gasteiger partial charge in [0.05, 0.1) is 30.3 Å². The third kappa shape index (κ3) is 6.00. The van der Waals surface area contributed by atoms with E-state index in [9.17, 15) is 22.4 Å². The van der Waals surface area contributed by atoms with Gasteiger partial charge in [0.1, 0.15) is 11.5 Å². The van der Waals surface area contributed by atoms with Gasteiger partial charge in [0.25, 0.3) is 5.91 Å². The summed E-state index contributed by atoms with van der Waals surface area (Å²) in [4.78, 5) is 27.5. The molecule has 216 valence electrons. The van der Waals surface area contributed by atoms with Crippen LogP contribution < -0.4 is 5.32 Å². The predicted molar refractivity (Wildman–Crippen MR) is 147 cm³/mol. The molecule has 0 aliphatic carbocycles. The zero-order valence-electron chi connectivity index (χ0n) is 22.3. The second kappa shape index (κ2) is 11.3. The molecule has 1 aliphatic rings. The second-order valence-electron chi connectivity index (χ2n) is 10.1. The first-order valence-electron chi connectivity index (χ1n) is 13.4. The number of piperidine rings is 1. The Kier molecular flexibility index (Phi) is 7.42. The Bertz CT molecular complexity index is 1690. The maximum Gasteiger partial charge on any atom is 0.390 e. The van der Waals surface area contributed by atoms with Crippen molar-refractivity contribution >= 4 is 17.4 Å². The fourth-order valence-electron chi connectivity index (χ4n) is 5.18. The molecular weight excluding hydrogens is 552 g/mol. The van der Waals surface area contributed by atoms with E-state index in [2.05, 4.69) is 20.3 Å². The predicted octanol–water partition coefficient (Wildman–Crippen LogP) is 5.64. The summed E-state index contributed by atoms with van der Waals surface area (Å²) in [6.07, 6.45) is 2.65. The minimum atomic E-state index is -4.18. The van der Waals surface area contributed by atoms with Gasteiger partial charge in [-0.05, 0) is 61.4 Å². The average Bonchev–Trinajstić information content (AvgIpc) is 3.60. The highest BCUT2D eigenvalue weighted by molar-refractivity contribution is 6.03. The lowest BCUT2D eigenvalue weighted by Gasteiger charge is -2.33. The van der Waals surface area contributed by atoms with Gasteiger partial charge in [-0.2, -0.15) is 18.3 Å². The van der Waals surface area contributed by atoms with E-state index in [4.69, 9.17) is 5.10 Å². The smallest absolute Gasteiger partial charge is 0.326 e. The maximum atomic E-state index is 13.7. The van der Waals surface area contributed by atoms with E-state index in [1.54, 1.807) is 53.4 Å². The van der Waals surface area contributed by atoms with Crippen molar-refractivity contribution in [1.82, 2.24) is 34.0 Å². The van der Waals surface area contributed by atoms with Crippen LogP contribution in [0, 0.1) is 5.82 Å². The van der Waals surface area contributed by atoms with Crippen molar-refractivity contribution in [3.05, 3.63) is 84.8 Å². The van der Waals surface area contributed by atoms with E-state index in [1.165, 1.54) is 24.5 Å². The number of pyridine rings is 1. The normalized spacial score (nSPS) is 14.9. The first kappa shape index (κ1) is 27.5. The van der Waals surface area contributed by atoms with Crippen molar-refractivity contribution in [3.8, 4) is 22.6 Å². The van der Waals surface area contributed by atoms with E-state index in [0.717, 1.165) is 0 Å². The first-order chi connectivity index (χ1) is 20.2. The van der Waals surface area contributed by atoms with Gasteiger partial charge in [-0.25, -0.2) is 18.9 Å².